The molecule has 0 bridgehead atoms. The monoisotopic (exact) mass is 933 g/mol. The predicted octanol–water partition coefficient (Wildman–Crippen LogP) is -0.417. The predicted molar refractivity (Wildman–Crippen MR) is 229 cm³/mol. The summed E-state index contributed by atoms with van der Waals surface area (Å²) in [5.74, 6) is 0.275. The minimum atomic E-state index is -1.72. The highest BCUT2D eigenvalue weighted by atomic mass is 16.7. The summed E-state index contributed by atoms with van der Waals surface area (Å²) in [4.78, 5) is 0. The molecule has 7 rings (SSSR count). The first kappa shape index (κ1) is 51.9. The van der Waals surface area contributed by atoms with E-state index in [2.05, 4.69) is 33.8 Å². The van der Waals surface area contributed by atoms with Crippen LogP contribution in [0.5, 0.6) is 0 Å². The van der Waals surface area contributed by atoms with Crippen LogP contribution in [0, 0.1) is 45.8 Å². The van der Waals surface area contributed by atoms with Gasteiger partial charge in [-0.1, -0.05) is 39.3 Å². The topological polar surface area (TPSA) is 298 Å². The van der Waals surface area contributed by atoms with Crippen LogP contribution < -0.4 is 0 Å². The fourth-order valence-electron chi connectivity index (χ4n) is 14.1. The fourth-order valence-corrected chi connectivity index (χ4v) is 14.1. The average Bonchev–Trinajstić information content (AvgIpc) is 3.65. The van der Waals surface area contributed by atoms with Gasteiger partial charge in [-0.25, -0.2) is 0 Å². The number of aliphatic hydroxyl groups is 12. The van der Waals surface area contributed by atoms with E-state index in [0.717, 1.165) is 37.7 Å². The summed E-state index contributed by atoms with van der Waals surface area (Å²) in [6, 6.07) is 0. The van der Waals surface area contributed by atoms with Crippen molar-refractivity contribution in [2.45, 2.75) is 216 Å². The van der Waals surface area contributed by atoms with Gasteiger partial charge in [0, 0.05) is 0 Å². The van der Waals surface area contributed by atoms with E-state index in [1.54, 1.807) is 0 Å². The number of hydrogen-bond donors (Lipinski definition) is 12. The van der Waals surface area contributed by atoms with Crippen LogP contribution in [-0.2, 0) is 28.4 Å². The van der Waals surface area contributed by atoms with Crippen molar-refractivity contribution >= 4 is 0 Å². The maximum Gasteiger partial charge on any atom is 0.187 e. The standard InChI is InChI=1S/C47H80O18/c1-21(2)9-8-14-47(7,65-43-40(59)37(56)34(53)29(63-43)20-60-41-38(57)35(54)32(51)27(18-48)61-41)24-13-16-46(6)31(24)26(50)17-25-22-10-11-30(44(3,4)23(22)12-15-45(25,46)5)64-42-39(58)36(55)33(52)28(19-49)62-42/h9,22-43,48-59H,8,10-20H2,1-7H3. The number of ether oxygens (including phenoxy) is 6. The van der Waals surface area contributed by atoms with Crippen molar-refractivity contribution in [1.29, 1.82) is 0 Å². The molecule has 65 heavy (non-hydrogen) atoms. The molecular formula is C47H80O18. The van der Waals surface area contributed by atoms with Gasteiger partial charge in [-0.2, -0.15) is 0 Å². The second-order valence-electron chi connectivity index (χ2n) is 22.2. The number of aliphatic hydroxyl groups excluding tert-OH is 12. The average molecular weight is 933 g/mol. The lowest BCUT2D eigenvalue weighted by atomic mass is 9.39. The quantitative estimate of drug-likeness (QED) is 0.0825. The molecule has 25 unspecified atom stereocenters. The Kier molecular flexibility index (Phi) is 15.7. The van der Waals surface area contributed by atoms with E-state index >= 15 is 0 Å². The van der Waals surface area contributed by atoms with Crippen LogP contribution in [0.1, 0.15) is 106 Å². The smallest absolute Gasteiger partial charge is 0.187 e. The summed E-state index contributed by atoms with van der Waals surface area (Å²) >= 11 is 0. The van der Waals surface area contributed by atoms with E-state index in [0.29, 0.717) is 25.7 Å². The Bertz CT molecular complexity index is 1630. The van der Waals surface area contributed by atoms with Gasteiger partial charge in [0.15, 0.2) is 18.9 Å². The third kappa shape index (κ3) is 9.16. The Morgan fingerprint density at radius 3 is 1.77 bits per heavy atom. The van der Waals surface area contributed by atoms with Crippen LogP contribution in [-0.4, -0.2) is 191 Å². The molecule has 18 heteroatoms. The molecule has 25 atom stereocenters. The molecule has 7 aliphatic rings. The normalized spacial score (nSPS) is 51.9. The van der Waals surface area contributed by atoms with Crippen LogP contribution >= 0.6 is 0 Å². The molecule has 3 aliphatic heterocycles. The molecule has 3 saturated heterocycles. The van der Waals surface area contributed by atoms with Crippen LogP contribution in [0.2, 0.25) is 0 Å². The molecule has 0 spiro atoms. The van der Waals surface area contributed by atoms with Crippen molar-refractivity contribution in [3.05, 3.63) is 11.6 Å². The van der Waals surface area contributed by atoms with E-state index in [1.165, 1.54) is 0 Å². The summed E-state index contributed by atoms with van der Waals surface area (Å²) in [6.45, 7) is 13.4. The van der Waals surface area contributed by atoms with E-state index in [9.17, 15) is 61.3 Å². The van der Waals surface area contributed by atoms with E-state index in [1.807, 2.05) is 20.8 Å². The lowest BCUT2D eigenvalue weighted by Crippen LogP contribution is -2.65. The minimum Gasteiger partial charge on any atom is -0.394 e. The molecule has 12 N–H and O–H groups in total. The lowest BCUT2D eigenvalue weighted by Gasteiger charge is -2.67. The number of fused-ring (bicyclic) bond motifs is 5. The maximum atomic E-state index is 12.6. The molecule has 0 aromatic rings. The Hall–Kier alpha value is -0.980. The number of hydrogen-bond acceptors (Lipinski definition) is 18. The molecule has 3 heterocycles. The number of allylic oxidation sites excluding steroid dienone is 2. The molecule has 0 aromatic heterocycles. The molecular weight excluding hydrogens is 852 g/mol. The largest absolute Gasteiger partial charge is 0.394 e. The molecule has 0 aromatic carbocycles. The van der Waals surface area contributed by atoms with Crippen LogP contribution in [0.3, 0.4) is 0 Å². The van der Waals surface area contributed by atoms with E-state index in [4.69, 9.17) is 28.4 Å². The molecule has 0 amide bonds. The summed E-state index contributed by atoms with van der Waals surface area (Å²) in [6.07, 6.45) is -14.7. The van der Waals surface area contributed by atoms with Crippen molar-refractivity contribution in [2.24, 2.45) is 45.8 Å². The Balaban J connectivity index is 1.09. The van der Waals surface area contributed by atoms with Crippen molar-refractivity contribution in [2.75, 3.05) is 19.8 Å². The summed E-state index contributed by atoms with van der Waals surface area (Å²) in [5.41, 5.74) is -0.750. The first-order valence-corrected chi connectivity index (χ1v) is 24.0. The molecule has 376 valence electrons. The number of rotatable bonds is 13. The van der Waals surface area contributed by atoms with Gasteiger partial charge in [-0.15, -0.1) is 0 Å². The highest BCUT2D eigenvalue weighted by Gasteiger charge is 2.69. The van der Waals surface area contributed by atoms with E-state index < -0.39 is 124 Å². The van der Waals surface area contributed by atoms with Crippen molar-refractivity contribution in [3.8, 4) is 0 Å². The first-order chi connectivity index (χ1) is 30.4. The SMILES string of the molecule is CC(C)=CCCC(C)(OC1OC(COC2OC(CO)C(O)C(O)C2O)C(O)C(O)C1O)C1CCC2(C)C1C(O)CC1C3CCC(OC4OC(CO)C(O)C(O)C4O)C(C)(C)C3CCC12C. The minimum absolute atomic E-state index is 0.164. The maximum absolute atomic E-state index is 12.6. The van der Waals surface area contributed by atoms with Gasteiger partial charge >= 0.3 is 0 Å². The zero-order valence-electron chi connectivity index (χ0n) is 39.1. The highest BCUT2D eigenvalue weighted by molar-refractivity contribution is 5.18. The van der Waals surface area contributed by atoms with Crippen LogP contribution in [0.4, 0.5) is 0 Å². The second kappa shape index (κ2) is 19.7. The van der Waals surface area contributed by atoms with Gasteiger partial charge in [0.1, 0.15) is 73.2 Å². The van der Waals surface area contributed by atoms with Gasteiger partial charge in [0.05, 0.1) is 37.6 Å². The summed E-state index contributed by atoms with van der Waals surface area (Å²) in [5, 5.41) is 128. The molecule has 18 nitrogen and oxygen atoms in total. The zero-order chi connectivity index (χ0) is 47.7. The van der Waals surface area contributed by atoms with Crippen molar-refractivity contribution < 1.29 is 89.7 Å². The Morgan fingerprint density at radius 1 is 0.631 bits per heavy atom. The van der Waals surface area contributed by atoms with Gasteiger partial charge < -0.3 is 89.7 Å². The zero-order valence-corrected chi connectivity index (χ0v) is 39.1. The van der Waals surface area contributed by atoms with E-state index in [-0.39, 0.29) is 51.9 Å². The molecule has 4 saturated carbocycles. The first-order valence-electron chi connectivity index (χ1n) is 24.0. The van der Waals surface area contributed by atoms with Crippen LogP contribution in [0.25, 0.3) is 0 Å². The van der Waals surface area contributed by atoms with Gasteiger partial charge in [0.2, 0.25) is 0 Å². The highest BCUT2D eigenvalue weighted by Crippen LogP contribution is 2.73. The Morgan fingerprint density at radius 2 is 1.17 bits per heavy atom. The summed E-state index contributed by atoms with van der Waals surface area (Å²) < 4.78 is 36.5. The second-order valence-corrected chi connectivity index (χ2v) is 22.2. The van der Waals surface area contributed by atoms with Crippen molar-refractivity contribution in [1.82, 2.24) is 0 Å². The third-order valence-corrected chi connectivity index (χ3v) is 18.2. The molecule has 4 aliphatic carbocycles. The lowest BCUT2D eigenvalue weighted by molar-refractivity contribution is -0.349. The fraction of sp³-hybridized carbons (Fsp3) is 0.957. The van der Waals surface area contributed by atoms with Gasteiger partial charge in [-0.05, 0) is 124 Å². The summed E-state index contributed by atoms with van der Waals surface area (Å²) in [7, 11) is 0. The Labute approximate surface area is 382 Å². The van der Waals surface area contributed by atoms with Crippen molar-refractivity contribution in [3.63, 3.8) is 0 Å². The van der Waals surface area contributed by atoms with Gasteiger partial charge in [0.25, 0.3) is 0 Å². The van der Waals surface area contributed by atoms with Crippen LogP contribution in [0.15, 0.2) is 11.6 Å². The molecule has 0 radical (unpaired) electrons. The molecule has 7 fully saturated rings. The third-order valence-electron chi connectivity index (χ3n) is 18.2. The van der Waals surface area contributed by atoms with Gasteiger partial charge in [-0.3, -0.25) is 0 Å².